The van der Waals surface area contributed by atoms with Gasteiger partial charge in [-0.15, -0.1) is 0 Å². The van der Waals surface area contributed by atoms with E-state index in [9.17, 15) is 9.59 Å². The molecule has 0 saturated heterocycles. The maximum Gasteiger partial charge on any atom is 0.255 e. The molecule has 3 aromatic rings. The number of rotatable bonds is 7. The molecular weight excluding hydrogens is 376 g/mol. The molecule has 6 heteroatoms. The van der Waals surface area contributed by atoms with Gasteiger partial charge in [0, 0.05) is 43.3 Å². The van der Waals surface area contributed by atoms with Gasteiger partial charge in [0.1, 0.15) is 0 Å². The smallest absolute Gasteiger partial charge is 0.255 e. The van der Waals surface area contributed by atoms with Crippen molar-refractivity contribution in [3.63, 3.8) is 0 Å². The summed E-state index contributed by atoms with van der Waals surface area (Å²) in [7, 11) is 1.76. The Labute approximate surface area is 176 Å². The van der Waals surface area contributed by atoms with Crippen molar-refractivity contribution < 1.29 is 9.59 Å². The van der Waals surface area contributed by atoms with E-state index >= 15 is 0 Å². The van der Waals surface area contributed by atoms with Crippen LogP contribution in [0.1, 0.15) is 33.1 Å². The van der Waals surface area contributed by atoms with E-state index in [1.165, 1.54) is 5.56 Å². The molecule has 0 saturated carbocycles. The number of aryl methyl sites for hydroxylation is 1. The zero-order valence-electron chi connectivity index (χ0n) is 17.2. The Morgan fingerprint density at radius 2 is 1.63 bits per heavy atom. The highest BCUT2D eigenvalue weighted by atomic mass is 16.2. The van der Waals surface area contributed by atoms with Crippen molar-refractivity contribution in [2.24, 2.45) is 5.73 Å². The molecule has 1 atom stereocenters. The van der Waals surface area contributed by atoms with E-state index in [1.807, 2.05) is 43.3 Å². The van der Waals surface area contributed by atoms with Gasteiger partial charge in [-0.05, 0) is 42.3 Å². The van der Waals surface area contributed by atoms with Crippen molar-refractivity contribution in [2.45, 2.75) is 19.4 Å². The van der Waals surface area contributed by atoms with Crippen LogP contribution >= 0.6 is 0 Å². The van der Waals surface area contributed by atoms with E-state index in [0.29, 0.717) is 24.2 Å². The van der Waals surface area contributed by atoms with Crippen molar-refractivity contribution in [2.75, 3.05) is 18.9 Å². The predicted octanol–water partition coefficient (Wildman–Crippen LogP) is 3.34. The average Bonchev–Trinajstić information content (AvgIpc) is 2.76. The number of carbonyl (C=O) groups excluding carboxylic acids is 2. The topological polar surface area (TPSA) is 88.3 Å². The minimum atomic E-state index is -0.339. The Morgan fingerprint density at radius 3 is 2.27 bits per heavy atom. The van der Waals surface area contributed by atoms with Crippen molar-refractivity contribution in [1.29, 1.82) is 0 Å². The molecule has 0 spiro atoms. The van der Waals surface area contributed by atoms with Gasteiger partial charge in [-0.1, -0.05) is 42.0 Å². The van der Waals surface area contributed by atoms with Gasteiger partial charge >= 0.3 is 0 Å². The summed E-state index contributed by atoms with van der Waals surface area (Å²) in [6.07, 6.45) is 3.58. The molecule has 2 amide bonds. The summed E-state index contributed by atoms with van der Waals surface area (Å²) < 4.78 is 0. The van der Waals surface area contributed by atoms with Crippen molar-refractivity contribution in [3.05, 3.63) is 95.3 Å². The fourth-order valence-corrected chi connectivity index (χ4v) is 3.04. The molecule has 0 bridgehead atoms. The molecule has 3 N–H and O–H groups in total. The number of likely N-dealkylation sites (N-methyl/N-ethyl adjacent to an activating group) is 1. The standard InChI is InChI=1S/C24H26N4O2/c1-17-3-5-18(6-4-17)15-23(29)28(2)16-22(25)19-7-9-20(10-8-19)24(30)27-21-11-13-26-14-12-21/h3-14,22H,15-16,25H2,1-2H3,(H,26,27,30). The molecule has 154 valence electrons. The summed E-state index contributed by atoms with van der Waals surface area (Å²) in [5.74, 6) is -0.186. The number of nitrogens with two attached hydrogens (primary N) is 1. The second-order valence-electron chi connectivity index (χ2n) is 7.36. The van der Waals surface area contributed by atoms with E-state index in [4.69, 9.17) is 5.73 Å². The zero-order chi connectivity index (χ0) is 21.5. The van der Waals surface area contributed by atoms with Gasteiger partial charge in [0.15, 0.2) is 0 Å². The normalized spacial score (nSPS) is 11.6. The van der Waals surface area contributed by atoms with Crippen LogP contribution in [0, 0.1) is 6.92 Å². The summed E-state index contributed by atoms with van der Waals surface area (Å²) in [4.78, 5) is 30.4. The molecule has 30 heavy (non-hydrogen) atoms. The van der Waals surface area contributed by atoms with Crippen LogP contribution < -0.4 is 11.1 Å². The molecule has 0 aliphatic heterocycles. The molecule has 0 fully saturated rings. The Hall–Kier alpha value is -3.51. The monoisotopic (exact) mass is 402 g/mol. The number of hydrogen-bond acceptors (Lipinski definition) is 4. The van der Waals surface area contributed by atoms with Crippen LogP contribution in [0.2, 0.25) is 0 Å². The maximum absolute atomic E-state index is 12.5. The van der Waals surface area contributed by atoms with Crippen molar-refractivity contribution >= 4 is 17.5 Å². The van der Waals surface area contributed by atoms with E-state index in [2.05, 4.69) is 10.3 Å². The third-order valence-corrected chi connectivity index (χ3v) is 4.91. The SMILES string of the molecule is Cc1ccc(CC(=O)N(C)CC(N)c2ccc(C(=O)Nc3ccncc3)cc2)cc1. The molecule has 6 nitrogen and oxygen atoms in total. The van der Waals surface area contributed by atoms with Crippen LogP contribution in [0.4, 0.5) is 5.69 Å². The Bertz CT molecular complexity index is 986. The quantitative estimate of drug-likeness (QED) is 0.634. The number of nitrogens with one attached hydrogen (secondary N) is 1. The van der Waals surface area contributed by atoms with E-state index in [-0.39, 0.29) is 17.9 Å². The molecule has 1 unspecified atom stereocenters. The predicted molar refractivity (Wildman–Crippen MR) is 118 cm³/mol. The first-order valence-corrected chi connectivity index (χ1v) is 9.79. The lowest BCUT2D eigenvalue weighted by molar-refractivity contribution is -0.129. The number of amides is 2. The Morgan fingerprint density at radius 1 is 1.00 bits per heavy atom. The first-order chi connectivity index (χ1) is 14.4. The molecule has 1 heterocycles. The van der Waals surface area contributed by atoms with Crippen LogP contribution in [0.5, 0.6) is 0 Å². The summed E-state index contributed by atoms with van der Waals surface area (Å²) in [6, 6.07) is 18.2. The lowest BCUT2D eigenvalue weighted by atomic mass is 10.0. The average molecular weight is 402 g/mol. The molecule has 3 rings (SSSR count). The van der Waals surface area contributed by atoms with Gasteiger partial charge in [0.25, 0.3) is 5.91 Å². The largest absolute Gasteiger partial charge is 0.344 e. The molecule has 0 aliphatic carbocycles. The van der Waals surface area contributed by atoms with Gasteiger partial charge < -0.3 is 16.0 Å². The number of hydrogen-bond donors (Lipinski definition) is 2. The van der Waals surface area contributed by atoms with Gasteiger partial charge in [-0.2, -0.15) is 0 Å². The van der Waals surface area contributed by atoms with Gasteiger partial charge in [-0.25, -0.2) is 0 Å². The van der Waals surface area contributed by atoms with Crippen LogP contribution in [0.3, 0.4) is 0 Å². The first-order valence-electron chi connectivity index (χ1n) is 9.79. The van der Waals surface area contributed by atoms with E-state index in [0.717, 1.165) is 11.1 Å². The lowest BCUT2D eigenvalue weighted by Crippen LogP contribution is -2.35. The third-order valence-electron chi connectivity index (χ3n) is 4.91. The molecule has 0 radical (unpaired) electrons. The van der Waals surface area contributed by atoms with Crippen LogP contribution in [-0.2, 0) is 11.2 Å². The number of pyridine rings is 1. The number of nitrogens with zero attached hydrogens (tertiary/aromatic N) is 2. The Kier molecular flexibility index (Phi) is 6.93. The number of aromatic nitrogens is 1. The van der Waals surface area contributed by atoms with Crippen LogP contribution in [0.15, 0.2) is 73.1 Å². The number of anilines is 1. The second kappa shape index (κ2) is 9.80. The molecule has 2 aromatic carbocycles. The lowest BCUT2D eigenvalue weighted by Gasteiger charge is -2.22. The first kappa shape index (κ1) is 21.2. The van der Waals surface area contributed by atoms with Crippen molar-refractivity contribution in [1.82, 2.24) is 9.88 Å². The highest BCUT2D eigenvalue weighted by molar-refractivity contribution is 6.04. The summed E-state index contributed by atoms with van der Waals surface area (Å²) in [5.41, 5.74) is 10.5. The minimum Gasteiger partial charge on any atom is -0.344 e. The molecule has 1 aromatic heterocycles. The van der Waals surface area contributed by atoms with Gasteiger partial charge in [0.2, 0.25) is 5.91 Å². The van der Waals surface area contributed by atoms with E-state index in [1.54, 1.807) is 48.6 Å². The van der Waals surface area contributed by atoms with Gasteiger partial charge in [0.05, 0.1) is 6.42 Å². The third kappa shape index (κ3) is 5.75. The number of benzene rings is 2. The van der Waals surface area contributed by atoms with E-state index < -0.39 is 0 Å². The highest BCUT2D eigenvalue weighted by Gasteiger charge is 2.15. The zero-order valence-corrected chi connectivity index (χ0v) is 17.2. The Balaban J connectivity index is 1.55. The van der Waals surface area contributed by atoms with Gasteiger partial charge in [-0.3, -0.25) is 14.6 Å². The van der Waals surface area contributed by atoms with Crippen molar-refractivity contribution in [3.8, 4) is 0 Å². The second-order valence-corrected chi connectivity index (χ2v) is 7.36. The molecule has 0 aliphatic rings. The maximum atomic E-state index is 12.5. The minimum absolute atomic E-state index is 0.0163. The van der Waals surface area contributed by atoms with Crippen LogP contribution in [0.25, 0.3) is 0 Å². The summed E-state index contributed by atoms with van der Waals surface area (Å²) >= 11 is 0. The fraction of sp³-hybridized carbons (Fsp3) is 0.208. The summed E-state index contributed by atoms with van der Waals surface area (Å²) in [6.45, 7) is 2.41. The fourth-order valence-electron chi connectivity index (χ4n) is 3.04. The number of carbonyl (C=O) groups is 2. The molecular formula is C24H26N4O2. The summed E-state index contributed by atoms with van der Waals surface area (Å²) in [5, 5.41) is 2.82. The van der Waals surface area contributed by atoms with Crippen LogP contribution in [-0.4, -0.2) is 35.3 Å². The highest BCUT2D eigenvalue weighted by Crippen LogP contribution is 2.15.